The molecule has 0 fully saturated rings. The monoisotopic (exact) mass is 459 g/mol. The first kappa shape index (κ1) is 21.6. The molecule has 0 aliphatic carbocycles. The number of amides is 1. The average Bonchev–Trinajstić information content (AvgIpc) is 3.13. The van der Waals surface area contributed by atoms with E-state index in [0.717, 1.165) is 0 Å². The normalized spacial score (nSPS) is 12.1. The van der Waals surface area contributed by atoms with Crippen molar-refractivity contribution in [2.24, 2.45) is 0 Å². The van der Waals surface area contributed by atoms with Gasteiger partial charge in [0.15, 0.2) is 5.65 Å². The van der Waals surface area contributed by atoms with Gasteiger partial charge in [-0.15, -0.1) is 5.10 Å². The third kappa shape index (κ3) is 4.52. The van der Waals surface area contributed by atoms with Gasteiger partial charge in [-0.2, -0.15) is 4.98 Å². The Morgan fingerprint density at radius 3 is 2.66 bits per heavy atom. The Hall–Kier alpha value is -3.59. The number of benzene rings is 2. The number of hydrogen-bond acceptors (Lipinski definition) is 4. The number of pyridine rings is 1. The lowest BCUT2D eigenvalue weighted by atomic mass is 10.0. The molecule has 0 radical (unpaired) electrons. The fraction of sp³-hybridized carbons (Fsp3) is 0.136. The Balaban J connectivity index is 1.52. The number of nitrogen functional groups attached to an aromatic ring is 1. The zero-order valence-electron chi connectivity index (χ0n) is 16.5. The molecule has 1 atom stereocenters. The van der Waals surface area contributed by atoms with Crippen molar-refractivity contribution in [2.45, 2.75) is 12.6 Å². The number of alkyl halides is 1. The van der Waals surface area contributed by atoms with Crippen LogP contribution in [-0.2, 0) is 6.42 Å². The Morgan fingerprint density at radius 2 is 1.91 bits per heavy atom. The number of nitrogens with zero attached hydrogens (tertiary/aromatic N) is 3. The van der Waals surface area contributed by atoms with Crippen LogP contribution in [0.5, 0.6) is 0 Å². The maximum atomic E-state index is 15.2. The second-order valence-electron chi connectivity index (χ2n) is 7.11. The quantitative estimate of drug-likeness (QED) is 0.452. The summed E-state index contributed by atoms with van der Waals surface area (Å²) in [5, 5.41) is 6.22. The first-order chi connectivity index (χ1) is 15.3. The van der Waals surface area contributed by atoms with Gasteiger partial charge in [-0.1, -0.05) is 23.7 Å². The summed E-state index contributed by atoms with van der Waals surface area (Å²) in [6.07, 6.45) is 0.0822. The molecule has 1 amide bonds. The number of rotatable bonds is 6. The minimum absolute atomic E-state index is 0.0295. The fourth-order valence-corrected chi connectivity index (χ4v) is 3.52. The van der Waals surface area contributed by atoms with E-state index < -0.39 is 23.7 Å². The summed E-state index contributed by atoms with van der Waals surface area (Å²) in [6, 6.07) is 11.4. The SMILES string of the molecule is Nc1nc2cc(-c3ccc(Cl)c(C(=O)NCC(F)Cc4ccc(F)cc4)c3F)ccn2n1. The van der Waals surface area contributed by atoms with Crippen molar-refractivity contribution in [1.82, 2.24) is 19.9 Å². The largest absolute Gasteiger partial charge is 0.366 e. The highest BCUT2D eigenvalue weighted by molar-refractivity contribution is 6.34. The highest BCUT2D eigenvalue weighted by atomic mass is 35.5. The first-order valence-electron chi connectivity index (χ1n) is 9.59. The van der Waals surface area contributed by atoms with Crippen molar-refractivity contribution in [3.8, 4) is 11.1 Å². The van der Waals surface area contributed by atoms with Crippen LogP contribution in [0.4, 0.5) is 19.1 Å². The molecule has 0 bridgehead atoms. The number of aromatic nitrogens is 3. The molecule has 4 rings (SSSR count). The van der Waals surface area contributed by atoms with Crippen LogP contribution in [0.15, 0.2) is 54.7 Å². The number of hydrogen-bond donors (Lipinski definition) is 2. The smallest absolute Gasteiger partial charge is 0.255 e. The molecular formula is C22H17ClF3N5O. The third-order valence-electron chi connectivity index (χ3n) is 4.84. The lowest BCUT2D eigenvalue weighted by Gasteiger charge is -2.13. The predicted octanol–water partition coefficient (Wildman–Crippen LogP) is 4.22. The molecule has 0 saturated carbocycles. The molecule has 6 nitrogen and oxygen atoms in total. The van der Waals surface area contributed by atoms with Crippen LogP contribution < -0.4 is 11.1 Å². The minimum atomic E-state index is -1.45. The number of nitrogens with two attached hydrogens (primary N) is 1. The topological polar surface area (TPSA) is 85.3 Å². The van der Waals surface area contributed by atoms with E-state index in [1.54, 1.807) is 18.3 Å². The molecule has 0 spiro atoms. The van der Waals surface area contributed by atoms with Gasteiger partial charge in [0.05, 0.1) is 10.6 Å². The van der Waals surface area contributed by atoms with Gasteiger partial charge in [0.25, 0.3) is 5.91 Å². The van der Waals surface area contributed by atoms with Gasteiger partial charge >= 0.3 is 0 Å². The number of nitrogens with one attached hydrogen (secondary N) is 1. The molecule has 0 saturated heterocycles. The zero-order chi connectivity index (χ0) is 22.8. The molecule has 4 aromatic rings. The molecule has 2 aromatic heterocycles. The van der Waals surface area contributed by atoms with Gasteiger partial charge in [-0.25, -0.2) is 17.7 Å². The summed E-state index contributed by atoms with van der Waals surface area (Å²) in [7, 11) is 0. The highest BCUT2D eigenvalue weighted by Crippen LogP contribution is 2.30. The molecule has 3 N–H and O–H groups in total. The second kappa shape index (κ2) is 8.88. The van der Waals surface area contributed by atoms with Crippen LogP contribution in [-0.4, -0.2) is 33.2 Å². The third-order valence-corrected chi connectivity index (χ3v) is 5.15. The standard InChI is InChI=1S/C22H17ClF3N5O/c23-17-6-5-16(13-7-8-31-18(10-13)29-22(27)30-31)20(26)19(17)21(32)28-11-15(25)9-12-1-3-14(24)4-2-12/h1-8,10,15H,9,11H2,(H2,27,30)(H,28,32). The Labute approximate surface area is 185 Å². The number of anilines is 1. The first-order valence-corrected chi connectivity index (χ1v) is 9.96. The van der Waals surface area contributed by atoms with Crippen molar-refractivity contribution < 1.29 is 18.0 Å². The fourth-order valence-electron chi connectivity index (χ4n) is 3.29. The van der Waals surface area contributed by atoms with Gasteiger partial charge in [-0.3, -0.25) is 4.79 Å². The van der Waals surface area contributed by atoms with Crippen molar-refractivity contribution in [1.29, 1.82) is 0 Å². The van der Waals surface area contributed by atoms with Gasteiger partial charge in [0.1, 0.15) is 17.8 Å². The number of halogens is 4. The van der Waals surface area contributed by atoms with Gasteiger partial charge in [0, 0.05) is 24.7 Å². The van der Waals surface area contributed by atoms with Crippen molar-refractivity contribution >= 4 is 29.1 Å². The molecule has 10 heteroatoms. The van der Waals surface area contributed by atoms with Crippen molar-refractivity contribution in [3.05, 3.63) is 82.5 Å². The summed E-state index contributed by atoms with van der Waals surface area (Å²) in [5.41, 5.74) is 6.71. The average molecular weight is 460 g/mol. The lowest BCUT2D eigenvalue weighted by Crippen LogP contribution is -2.32. The summed E-state index contributed by atoms with van der Waals surface area (Å²) in [5.74, 6) is -2.04. The number of fused-ring (bicyclic) bond motifs is 1. The van der Waals surface area contributed by atoms with E-state index in [1.807, 2.05) is 0 Å². The Bertz CT molecular complexity index is 1290. The summed E-state index contributed by atoms with van der Waals surface area (Å²) >= 11 is 6.07. The predicted molar refractivity (Wildman–Crippen MR) is 115 cm³/mol. The van der Waals surface area contributed by atoms with E-state index >= 15 is 4.39 Å². The maximum absolute atomic E-state index is 15.2. The van der Waals surface area contributed by atoms with Crippen LogP contribution in [0.2, 0.25) is 5.02 Å². The summed E-state index contributed by atoms with van der Waals surface area (Å²) in [6.45, 7) is -0.360. The number of carbonyl (C=O) groups excluding carboxylic acids is 1. The van der Waals surface area contributed by atoms with E-state index in [0.29, 0.717) is 16.8 Å². The molecule has 2 heterocycles. The maximum Gasteiger partial charge on any atom is 0.255 e. The minimum Gasteiger partial charge on any atom is -0.366 e. The van der Waals surface area contributed by atoms with E-state index in [9.17, 15) is 13.6 Å². The molecule has 0 aliphatic rings. The molecule has 2 aromatic carbocycles. The summed E-state index contributed by atoms with van der Waals surface area (Å²) in [4.78, 5) is 16.6. The van der Waals surface area contributed by atoms with E-state index in [2.05, 4.69) is 15.4 Å². The lowest BCUT2D eigenvalue weighted by molar-refractivity contribution is 0.0938. The second-order valence-corrected chi connectivity index (χ2v) is 7.52. The van der Waals surface area contributed by atoms with Crippen LogP contribution in [0.25, 0.3) is 16.8 Å². The molecule has 1 unspecified atom stereocenters. The van der Waals surface area contributed by atoms with Crippen LogP contribution in [0.1, 0.15) is 15.9 Å². The van der Waals surface area contributed by atoms with E-state index in [-0.39, 0.29) is 35.1 Å². The molecule has 164 valence electrons. The van der Waals surface area contributed by atoms with Gasteiger partial charge in [-0.05, 0) is 47.5 Å². The van der Waals surface area contributed by atoms with Gasteiger partial charge < -0.3 is 11.1 Å². The van der Waals surface area contributed by atoms with Crippen molar-refractivity contribution in [3.63, 3.8) is 0 Å². The van der Waals surface area contributed by atoms with E-state index in [4.69, 9.17) is 17.3 Å². The van der Waals surface area contributed by atoms with E-state index in [1.165, 1.54) is 40.9 Å². The Kier molecular flexibility index (Phi) is 6.00. The van der Waals surface area contributed by atoms with Crippen LogP contribution in [0, 0.1) is 11.6 Å². The van der Waals surface area contributed by atoms with Crippen LogP contribution >= 0.6 is 11.6 Å². The zero-order valence-corrected chi connectivity index (χ0v) is 17.3. The molecule has 0 aliphatic heterocycles. The molecular weight excluding hydrogens is 443 g/mol. The van der Waals surface area contributed by atoms with Crippen LogP contribution in [0.3, 0.4) is 0 Å². The Morgan fingerprint density at radius 1 is 1.16 bits per heavy atom. The number of carbonyl (C=O) groups is 1. The molecule has 32 heavy (non-hydrogen) atoms. The highest BCUT2D eigenvalue weighted by Gasteiger charge is 2.21. The van der Waals surface area contributed by atoms with Crippen molar-refractivity contribution in [2.75, 3.05) is 12.3 Å². The summed E-state index contributed by atoms with van der Waals surface area (Å²) < 4.78 is 43.9. The van der Waals surface area contributed by atoms with Gasteiger partial charge in [0.2, 0.25) is 5.95 Å².